The molecule has 0 spiro atoms. The largest absolute Gasteiger partial charge is 0.476 e. The lowest BCUT2D eigenvalue weighted by Gasteiger charge is -2.03. The van der Waals surface area contributed by atoms with Gasteiger partial charge in [-0.05, 0) is 12.5 Å². The van der Waals surface area contributed by atoms with Gasteiger partial charge in [-0.25, -0.2) is 4.68 Å². The van der Waals surface area contributed by atoms with Crippen LogP contribution < -0.4 is 10.5 Å². The average molecular weight is 217 g/mol. The summed E-state index contributed by atoms with van der Waals surface area (Å²) in [7, 11) is 1.81. The number of nitrogens with zero attached hydrogens (tertiary/aromatic N) is 2. The van der Waals surface area contributed by atoms with Crippen LogP contribution in [0.25, 0.3) is 11.1 Å². The van der Waals surface area contributed by atoms with Crippen molar-refractivity contribution in [1.82, 2.24) is 9.78 Å². The summed E-state index contributed by atoms with van der Waals surface area (Å²) in [4.78, 5) is 0. The van der Waals surface area contributed by atoms with Gasteiger partial charge in [-0.3, -0.25) is 0 Å². The number of benzene rings is 1. The number of anilines is 1. The molecule has 0 unspecified atom stereocenters. The summed E-state index contributed by atoms with van der Waals surface area (Å²) in [5, 5.41) is 4.25. The normalized spacial score (nSPS) is 10.4. The van der Waals surface area contributed by atoms with E-state index in [1.54, 1.807) is 4.68 Å². The van der Waals surface area contributed by atoms with Gasteiger partial charge in [0.2, 0.25) is 5.88 Å². The summed E-state index contributed by atoms with van der Waals surface area (Å²) < 4.78 is 7.11. The number of rotatable bonds is 3. The number of aryl methyl sites for hydroxylation is 1. The number of aromatic nitrogens is 2. The lowest BCUT2D eigenvalue weighted by atomic mass is 10.1. The lowest BCUT2D eigenvalue weighted by Crippen LogP contribution is -1.98. The number of nitrogen functional groups attached to an aromatic ring is 1. The Morgan fingerprint density at radius 3 is 2.62 bits per heavy atom. The molecule has 4 heteroatoms. The summed E-state index contributed by atoms with van der Waals surface area (Å²) in [6.45, 7) is 2.51. The maximum absolute atomic E-state index is 5.99. The van der Waals surface area contributed by atoms with Crippen molar-refractivity contribution in [2.24, 2.45) is 7.05 Å². The van der Waals surface area contributed by atoms with Crippen molar-refractivity contribution in [2.45, 2.75) is 6.92 Å². The Kier molecular flexibility index (Phi) is 2.81. The molecule has 0 saturated heterocycles. The first-order valence-electron chi connectivity index (χ1n) is 5.24. The van der Waals surface area contributed by atoms with Gasteiger partial charge in [0.15, 0.2) is 0 Å². The smallest absolute Gasteiger partial charge is 0.242 e. The van der Waals surface area contributed by atoms with Gasteiger partial charge >= 0.3 is 0 Å². The molecule has 1 heterocycles. The highest BCUT2D eigenvalue weighted by Gasteiger charge is 2.16. The van der Waals surface area contributed by atoms with Crippen LogP contribution >= 0.6 is 0 Å². The van der Waals surface area contributed by atoms with Crippen LogP contribution in [-0.2, 0) is 7.05 Å². The summed E-state index contributed by atoms with van der Waals surface area (Å²) in [5.41, 5.74) is 7.88. The third kappa shape index (κ3) is 1.74. The third-order valence-corrected chi connectivity index (χ3v) is 2.40. The molecule has 0 aliphatic rings. The molecule has 84 valence electrons. The Balaban J connectivity index is 2.54. The monoisotopic (exact) mass is 217 g/mol. The third-order valence-electron chi connectivity index (χ3n) is 2.40. The molecule has 0 amide bonds. The van der Waals surface area contributed by atoms with Crippen LogP contribution in [0, 0.1) is 0 Å². The zero-order valence-corrected chi connectivity index (χ0v) is 9.47. The molecule has 2 rings (SSSR count). The Bertz CT molecular complexity index is 477. The first kappa shape index (κ1) is 10.5. The summed E-state index contributed by atoms with van der Waals surface area (Å²) in [6, 6.07) is 9.90. The fourth-order valence-electron chi connectivity index (χ4n) is 1.63. The van der Waals surface area contributed by atoms with Gasteiger partial charge < -0.3 is 10.5 Å². The maximum Gasteiger partial charge on any atom is 0.242 e. The number of nitrogens with two attached hydrogens (primary N) is 1. The standard InChI is InChI=1S/C12H15N3O/c1-3-16-12-10(11(13)15(2)14-12)9-7-5-4-6-8-9/h4-8H,3,13H2,1-2H3. The van der Waals surface area contributed by atoms with Gasteiger partial charge in [0.1, 0.15) is 5.82 Å². The van der Waals surface area contributed by atoms with E-state index in [0.717, 1.165) is 11.1 Å². The van der Waals surface area contributed by atoms with E-state index in [-0.39, 0.29) is 0 Å². The van der Waals surface area contributed by atoms with Gasteiger partial charge in [0.05, 0.1) is 12.2 Å². The fourth-order valence-corrected chi connectivity index (χ4v) is 1.63. The quantitative estimate of drug-likeness (QED) is 0.856. The van der Waals surface area contributed by atoms with E-state index in [2.05, 4.69) is 5.10 Å². The minimum absolute atomic E-state index is 0.580. The Hall–Kier alpha value is -1.97. The van der Waals surface area contributed by atoms with E-state index in [1.807, 2.05) is 44.3 Å². The summed E-state index contributed by atoms with van der Waals surface area (Å²) in [6.07, 6.45) is 0. The topological polar surface area (TPSA) is 53.1 Å². The van der Waals surface area contributed by atoms with Crippen LogP contribution in [0.15, 0.2) is 30.3 Å². The molecule has 2 N–H and O–H groups in total. The molecule has 16 heavy (non-hydrogen) atoms. The van der Waals surface area contributed by atoms with Crippen molar-refractivity contribution < 1.29 is 4.74 Å². The Morgan fingerprint density at radius 2 is 2.00 bits per heavy atom. The Morgan fingerprint density at radius 1 is 1.31 bits per heavy atom. The zero-order valence-electron chi connectivity index (χ0n) is 9.47. The van der Waals surface area contributed by atoms with Crippen molar-refractivity contribution in [3.63, 3.8) is 0 Å². The summed E-state index contributed by atoms with van der Waals surface area (Å²) >= 11 is 0. The van der Waals surface area contributed by atoms with Crippen LogP contribution in [-0.4, -0.2) is 16.4 Å². The molecule has 1 aromatic heterocycles. The molecule has 0 radical (unpaired) electrons. The first-order valence-corrected chi connectivity index (χ1v) is 5.24. The highest BCUT2D eigenvalue weighted by atomic mass is 16.5. The molecular formula is C12H15N3O. The minimum Gasteiger partial charge on any atom is -0.476 e. The molecule has 0 fully saturated rings. The van der Waals surface area contributed by atoms with E-state index in [0.29, 0.717) is 18.3 Å². The van der Waals surface area contributed by atoms with E-state index in [1.165, 1.54) is 0 Å². The molecule has 0 bridgehead atoms. The van der Waals surface area contributed by atoms with Crippen LogP contribution in [0.4, 0.5) is 5.82 Å². The number of hydrogen-bond acceptors (Lipinski definition) is 3. The van der Waals surface area contributed by atoms with Crippen LogP contribution in [0.5, 0.6) is 5.88 Å². The van der Waals surface area contributed by atoms with Gasteiger partial charge in [0.25, 0.3) is 0 Å². The van der Waals surface area contributed by atoms with Crippen LogP contribution in [0.2, 0.25) is 0 Å². The van der Waals surface area contributed by atoms with Crippen molar-refractivity contribution >= 4 is 5.82 Å². The molecule has 1 aromatic carbocycles. The predicted octanol–water partition coefficient (Wildman–Crippen LogP) is 2.07. The van der Waals surface area contributed by atoms with E-state index < -0.39 is 0 Å². The van der Waals surface area contributed by atoms with Crippen molar-refractivity contribution in [1.29, 1.82) is 0 Å². The maximum atomic E-state index is 5.99. The number of ether oxygens (including phenoxy) is 1. The average Bonchev–Trinajstić information content (AvgIpc) is 2.57. The van der Waals surface area contributed by atoms with Crippen molar-refractivity contribution in [2.75, 3.05) is 12.3 Å². The molecular weight excluding hydrogens is 202 g/mol. The second-order valence-corrected chi connectivity index (χ2v) is 3.49. The van der Waals surface area contributed by atoms with E-state index >= 15 is 0 Å². The van der Waals surface area contributed by atoms with Gasteiger partial charge in [-0.15, -0.1) is 5.10 Å². The van der Waals surface area contributed by atoms with E-state index in [4.69, 9.17) is 10.5 Å². The minimum atomic E-state index is 0.580. The van der Waals surface area contributed by atoms with Gasteiger partial charge in [-0.1, -0.05) is 30.3 Å². The molecule has 0 aliphatic carbocycles. The van der Waals surface area contributed by atoms with Crippen molar-refractivity contribution in [3.8, 4) is 17.0 Å². The highest BCUT2D eigenvalue weighted by molar-refractivity contribution is 5.78. The second kappa shape index (κ2) is 4.26. The molecule has 4 nitrogen and oxygen atoms in total. The van der Waals surface area contributed by atoms with Crippen molar-refractivity contribution in [3.05, 3.63) is 30.3 Å². The van der Waals surface area contributed by atoms with Gasteiger partial charge in [-0.2, -0.15) is 0 Å². The van der Waals surface area contributed by atoms with E-state index in [9.17, 15) is 0 Å². The Labute approximate surface area is 94.6 Å². The second-order valence-electron chi connectivity index (χ2n) is 3.49. The zero-order chi connectivity index (χ0) is 11.5. The molecule has 0 aliphatic heterocycles. The fraction of sp³-hybridized carbons (Fsp3) is 0.250. The van der Waals surface area contributed by atoms with Gasteiger partial charge in [0, 0.05) is 7.05 Å². The molecule has 0 saturated carbocycles. The predicted molar refractivity (Wildman–Crippen MR) is 64.2 cm³/mol. The molecule has 2 aromatic rings. The number of hydrogen-bond donors (Lipinski definition) is 1. The lowest BCUT2D eigenvalue weighted by molar-refractivity contribution is 0.324. The first-order chi connectivity index (χ1) is 7.74. The highest BCUT2D eigenvalue weighted by Crippen LogP contribution is 2.34. The SMILES string of the molecule is CCOc1nn(C)c(N)c1-c1ccccc1. The molecule has 0 atom stereocenters. The summed E-state index contributed by atoms with van der Waals surface area (Å²) in [5.74, 6) is 1.21. The van der Waals surface area contributed by atoms with Crippen LogP contribution in [0.3, 0.4) is 0 Å². The van der Waals surface area contributed by atoms with Crippen LogP contribution in [0.1, 0.15) is 6.92 Å².